The van der Waals surface area contributed by atoms with Gasteiger partial charge in [0.15, 0.2) is 0 Å². The molecule has 3 nitrogen and oxygen atoms in total. The molecule has 0 bridgehead atoms. The second-order valence-corrected chi connectivity index (χ2v) is 3.62. The van der Waals surface area contributed by atoms with Crippen LogP contribution in [0.1, 0.15) is 18.4 Å². The van der Waals surface area contributed by atoms with Crippen LogP contribution in [-0.2, 0) is 4.79 Å². The molecule has 0 saturated heterocycles. The van der Waals surface area contributed by atoms with Gasteiger partial charge in [-0.2, -0.15) is 0 Å². The largest absolute Gasteiger partial charge is 0.478 e. The minimum Gasteiger partial charge on any atom is -0.478 e. The third-order valence-electron chi connectivity index (χ3n) is 2.67. The molecule has 1 unspecified atom stereocenters. The fraction of sp³-hybridized carbons (Fsp3) is 0.250. The molecule has 1 aromatic carbocycles. The summed E-state index contributed by atoms with van der Waals surface area (Å²) in [6.45, 7) is 0. The van der Waals surface area contributed by atoms with Gasteiger partial charge >= 0.3 is 5.97 Å². The van der Waals surface area contributed by atoms with Gasteiger partial charge in [-0.1, -0.05) is 30.3 Å². The average molecular weight is 204 g/mol. The van der Waals surface area contributed by atoms with E-state index < -0.39 is 12.1 Å². The summed E-state index contributed by atoms with van der Waals surface area (Å²) in [7, 11) is 0. The van der Waals surface area contributed by atoms with Crippen LogP contribution in [0.15, 0.2) is 35.9 Å². The van der Waals surface area contributed by atoms with E-state index >= 15 is 0 Å². The van der Waals surface area contributed by atoms with Crippen LogP contribution in [0.3, 0.4) is 0 Å². The fourth-order valence-corrected chi connectivity index (χ4v) is 1.97. The quantitative estimate of drug-likeness (QED) is 0.770. The van der Waals surface area contributed by atoms with Gasteiger partial charge in [0.05, 0.1) is 6.10 Å². The summed E-state index contributed by atoms with van der Waals surface area (Å²) >= 11 is 0. The van der Waals surface area contributed by atoms with Crippen molar-refractivity contribution in [1.29, 1.82) is 0 Å². The molecule has 1 aliphatic rings. The van der Waals surface area contributed by atoms with Crippen LogP contribution in [0.4, 0.5) is 0 Å². The lowest BCUT2D eigenvalue weighted by molar-refractivity contribution is -0.132. The number of hydrogen-bond acceptors (Lipinski definition) is 2. The van der Waals surface area contributed by atoms with E-state index in [0.717, 1.165) is 5.56 Å². The number of hydrogen-bond donors (Lipinski definition) is 2. The fourth-order valence-electron chi connectivity index (χ4n) is 1.97. The van der Waals surface area contributed by atoms with Crippen LogP contribution in [-0.4, -0.2) is 22.3 Å². The lowest BCUT2D eigenvalue weighted by Gasteiger charge is -2.09. The molecule has 0 fully saturated rings. The molecule has 0 heterocycles. The number of carbonyl (C=O) groups is 1. The molecule has 0 amide bonds. The van der Waals surface area contributed by atoms with Gasteiger partial charge in [0, 0.05) is 5.57 Å². The van der Waals surface area contributed by atoms with Crippen LogP contribution < -0.4 is 0 Å². The monoisotopic (exact) mass is 204 g/mol. The Morgan fingerprint density at radius 3 is 2.53 bits per heavy atom. The van der Waals surface area contributed by atoms with Crippen LogP contribution in [0.5, 0.6) is 0 Å². The molecule has 0 saturated carbocycles. The Balaban J connectivity index is 2.49. The van der Waals surface area contributed by atoms with Crippen molar-refractivity contribution < 1.29 is 15.0 Å². The van der Waals surface area contributed by atoms with Gasteiger partial charge in [0.2, 0.25) is 0 Å². The van der Waals surface area contributed by atoms with E-state index in [2.05, 4.69) is 0 Å². The summed E-state index contributed by atoms with van der Waals surface area (Å²) in [5.41, 5.74) is 1.72. The topological polar surface area (TPSA) is 57.5 Å². The van der Waals surface area contributed by atoms with E-state index in [9.17, 15) is 9.90 Å². The number of aliphatic carboxylic acids is 1. The van der Waals surface area contributed by atoms with Crippen LogP contribution in [0.25, 0.3) is 5.57 Å². The Bertz CT molecular complexity index is 406. The Kier molecular flexibility index (Phi) is 2.56. The molecule has 3 heteroatoms. The average Bonchev–Trinajstić information content (AvgIpc) is 2.61. The summed E-state index contributed by atoms with van der Waals surface area (Å²) in [6.07, 6.45) is 0.311. The van der Waals surface area contributed by atoms with Crippen molar-refractivity contribution in [2.75, 3.05) is 0 Å². The van der Waals surface area contributed by atoms with Gasteiger partial charge in [-0.3, -0.25) is 0 Å². The molecular weight excluding hydrogens is 192 g/mol. The molecule has 1 aromatic rings. The molecular formula is C12H12O3. The van der Waals surface area contributed by atoms with E-state index in [-0.39, 0.29) is 0 Å². The van der Waals surface area contributed by atoms with Crippen molar-refractivity contribution in [2.24, 2.45) is 0 Å². The molecule has 2 rings (SSSR count). The summed E-state index contributed by atoms with van der Waals surface area (Å²) in [4.78, 5) is 11.0. The van der Waals surface area contributed by atoms with Crippen LogP contribution in [0, 0.1) is 0 Å². The lowest BCUT2D eigenvalue weighted by Crippen LogP contribution is -2.06. The van der Waals surface area contributed by atoms with Crippen LogP contribution >= 0.6 is 0 Å². The Morgan fingerprint density at radius 2 is 1.93 bits per heavy atom. The van der Waals surface area contributed by atoms with Crippen molar-refractivity contribution in [3.8, 4) is 0 Å². The Hall–Kier alpha value is -1.61. The van der Waals surface area contributed by atoms with Crippen LogP contribution in [0.2, 0.25) is 0 Å². The van der Waals surface area contributed by atoms with Crippen molar-refractivity contribution >= 4 is 11.5 Å². The van der Waals surface area contributed by atoms with Gasteiger partial charge in [-0.05, 0) is 24.0 Å². The highest BCUT2D eigenvalue weighted by atomic mass is 16.4. The number of carboxylic acids is 1. The maximum Gasteiger partial charge on any atom is 0.331 e. The summed E-state index contributed by atoms with van der Waals surface area (Å²) in [5.74, 6) is -0.926. The normalized spacial score (nSPS) is 20.7. The Labute approximate surface area is 87.7 Å². The molecule has 0 aliphatic heterocycles. The minimum absolute atomic E-state index is 0.341. The minimum atomic E-state index is -0.926. The molecule has 2 N–H and O–H groups in total. The SMILES string of the molecule is O=C(O)C1=C(c2ccccc2)C(O)CC1. The van der Waals surface area contributed by atoms with Gasteiger partial charge < -0.3 is 10.2 Å². The van der Waals surface area contributed by atoms with Crippen molar-refractivity contribution in [3.63, 3.8) is 0 Å². The second-order valence-electron chi connectivity index (χ2n) is 3.62. The van der Waals surface area contributed by atoms with Gasteiger partial charge in [0.25, 0.3) is 0 Å². The van der Waals surface area contributed by atoms with E-state index in [1.54, 1.807) is 0 Å². The molecule has 78 valence electrons. The number of benzene rings is 1. The molecule has 0 aromatic heterocycles. The first-order valence-corrected chi connectivity index (χ1v) is 4.90. The maximum absolute atomic E-state index is 11.0. The number of rotatable bonds is 2. The molecule has 1 aliphatic carbocycles. The number of carboxylic acid groups (broad SMARTS) is 1. The highest BCUT2D eigenvalue weighted by Gasteiger charge is 2.28. The van der Waals surface area contributed by atoms with E-state index in [1.165, 1.54) is 0 Å². The van der Waals surface area contributed by atoms with E-state index in [0.29, 0.717) is 24.0 Å². The first-order valence-electron chi connectivity index (χ1n) is 4.90. The maximum atomic E-state index is 11.0. The standard InChI is InChI=1S/C12H12O3/c13-10-7-6-9(12(14)15)11(10)8-4-2-1-3-5-8/h1-5,10,13H,6-7H2,(H,14,15). The van der Waals surface area contributed by atoms with Crippen molar-refractivity contribution in [1.82, 2.24) is 0 Å². The van der Waals surface area contributed by atoms with E-state index in [4.69, 9.17) is 5.11 Å². The highest BCUT2D eigenvalue weighted by molar-refractivity contribution is 5.98. The molecule has 0 radical (unpaired) electrons. The number of aliphatic hydroxyl groups is 1. The first-order chi connectivity index (χ1) is 7.20. The predicted octanol–water partition coefficient (Wildman–Crippen LogP) is 1.68. The second kappa shape index (κ2) is 3.87. The first kappa shape index (κ1) is 9.93. The zero-order valence-electron chi connectivity index (χ0n) is 8.18. The van der Waals surface area contributed by atoms with Crippen molar-refractivity contribution in [2.45, 2.75) is 18.9 Å². The van der Waals surface area contributed by atoms with Gasteiger partial charge in [-0.15, -0.1) is 0 Å². The summed E-state index contributed by atoms with van der Waals surface area (Å²) < 4.78 is 0. The Morgan fingerprint density at radius 1 is 1.27 bits per heavy atom. The summed E-state index contributed by atoms with van der Waals surface area (Å²) in [5, 5.41) is 18.7. The smallest absolute Gasteiger partial charge is 0.331 e. The zero-order chi connectivity index (χ0) is 10.8. The van der Waals surface area contributed by atoms with Gasteiger partial charge in [-0.25, -0.2) is 4.79 Å². The third-order valence-corrected chi connectivity index (χ3v) is 2.67. The van der Waals surface area contributed by atoms with E-state index in [1.807, 2.05) is 30.3 Å². The highest BCUT2D eigenvalue weighted by Crippen LogP contribution is 2.34. The lowest BCUT2D eigenvalue weighted by atomic mass is 10.0. The third kappa shape index (κ3) is 1.78. The predicted molar refractivity (Wildman–Crippen MR) is 56.2 cm³/mol. The van der Waals surface area contributed by atoms with Crippen molar-refractivity contribution in [3.05, 3.63) is 41.5 Å². The molecule has 0 spiro atoms. The number of aliphatic hydroxyl groups excluding tert-OH is 1. The summed E-state index contributed by atoms with van der Waals surface area (Å²) in [6, 6.07) is 9.20. The molecule has 15 heavy (non-hydrogen) atoms. The molecule has 1 atom stereocenters. The van der Waals surface area contributed by atoms with Gasteiger partial charge in [0.1, 0.15) is 0 Å². The zero-order valence-corrected chi connectivity index (χ0v) is 8.18.